The monoisotopic (exact) mass is 482 g/mol. The highest BCUT2D eigenvalue weighted by Gasteiger charge is 2.15. The molecule has 0 unspecified atom stereocenters. The molecule has 0 spiro atoms. The van der Waals surface area contributed by atoms with Gasteiger partial charge < -0.3 is 24.6 Å². The molecular weight excluding hydrogens is 464 g/mol. The van der Waals surface area contributed by atoms with Crippen molar-refractivity contribution in [3.63, 3.8) is 0 Å². The number of aromatic amines is 2. The van der Waals surface area contributed by atoms with Gasteiger partial charge in [0.15, 0.2) is 11.2 Å². The summed E-state index contributed by atoms with van der Waals surface area (Å²) in [4.78, 5) is 42.2. The molecule has 0 aliphatic heterocycles. The summed E-state index contributed by atoms with van der Waals surface area (Å²) >= 11 is 0. The van der Waals surface area contributed by atoms with E-state index in [9.17, 15) is 9.59 Å². The number of benzene rings is 2. The highest BCUT2D eigenvalue weighted by atomic mass is 16.4. The summed E-state index contributed by atoms with van der Waals surface area (Å²) in [7, 11) is 0. The number of nitrogens with zero attached hydrogens (tertiary/aromatic N) is 6. The molecule has 0 saturated heterocycles. The number of carbonyl (C=O) groups excluding carboxylic acids is 1. The van der Waals surface area contributed by atoms with Crippen molar-refractivity contribution < 1.29 is 9.21 Å². The summed E-state index contributed by atoms with van der Waals surface area (Å²) in [5, 5.41) is 14.1. The first-order valence-corrected chi connectivity index (χ1v) is 11.0. The van der Waals surface area contributed by atoms with Gasteiger partial charge in [-0.2, -0.15) is 4.98 Å². The third-order valence-corrected chi connectivity index (χ3v) is 5.64. The van der Waals surface area contributed by atoms with E-state index in [-0.39, 0.29) is 22.9 Å². The van der Waals surface area contributed by atoms with Gasteiger partial charge in [-0.3, -0.25) is 14.6 Å². The fourth-order valence-electron chi connectivity index (χ4n) is 3.87. The number of hydrogen-bond acceptors (Lipinski definition) is 9. The van der Waals surface area contributed by atoms with Gasteiger partial charge >= 0.3 is 0 Å². The summed E-state index contributed by atoms with van der Waals surface area (Å²) in [6.45, 7) is 2.53. The van der Waals surface area contributed by atoms with E-state index >= 15 is 0 Å². The Kier molecular flexibility index (Phi) is 4.99. The number of anilines is 3. The summed E-state index contributed by atoms with van der Waals surface area (Å²) in [6, 6.07) is 10.7. The summed E-state index contributed by atoms with van der Waals surface area (Å²) in [6.07, 6.45) is 3.74. The van der Waals surface area contributed by atoms with E-state index in [0.717, 1.165) is 16.6 Å². The second-order valence-corrected chi connectivity index (χ2v) is 7.81. The second kappa shape index (κ2) is 8.47. The first-order valence-electron chi connectivity index (χ1n) is 11.0. The Balaban J connectivity index is 1.37. The maximum atomic E-state index is 12.5. The molecular formula is C23H18N10O3. The molecule has 0 radical (unpaired) electrons. The normalized spacial score (nSPS) is 11.2. The minimum Gasteiger partial charge on any atom is -0.416 e. The van der Waals surface area contributed by atoms with Crippen LogP contribution in [0.25, 0.3) is 45.1 Å². The number of imidazole rings is 2. The van der Waals surface area contributed by atoms with Crippen LogP contribution in [0, 0.1) is 0 Å². The highest BCUT2D eigenvalue weighted by molar-refractivity contribution is 5.85. The zero-order valence-electron chi connectivity index (χ0n) is 18.8. The second-order valence-electron chi connectivity index (χ2n) is 7.81. The molecule has 36 heavy (non-hydrogen) atoms. The first kappa shape index (κ1) is 21.2. The molecule has 0 aliphatic carbocycles. The number of nitrogens with one attached hydrogen (secondary N) is 4. The van der Waals surface area contributed by atoms with Crippen LogP contribution in [-0.2, 0) is 11.3 Å². The molecule has 13 nitrogen and oxygen atoms in total. The van der Waals surface area contributed by atoms with Gasteiger partial charge in [-0.1, -0.05) is 0 Å². The smallest absolute Gasteiger partial charge is 0.280 e. The van der Waals surface area contributed by atoms with E-state index in [1.54, 1.807) is 35.4 Å². The third-order valence-electron chi connectivity index (χ3n) is 5.64. The molecule has 6 rings (SSSR count). The standard InChI is InChI=1S/C23H18N10O3/c1-2-33-10-26-18-19(33)29-23(30-20(18)35)28-17-8-13(4-6-15(17)27-11-34)22-32-31-21(36-22)12-3-5-14-16(7-12)25-9-24-14/h3-11H,2H2,1H3,(H,24,25)(H,27,34)(H2,28,29,30,35). The predicted octanol–water partition coefficient (Wildman–Crippen LogP) is 3.04. The van der Waals surface area contributed by atoms with Crippen LogP contribution in [0.5, 0.6) is 0 Å². The van der Waals surface area contributed by atoms with Crippen LogP contribution >= 0.6 is 0 Å². The number of carbonyl (C=O) groups is 1. The molecule has 0 atom stereocenters. The van der Waals surface area contributed by atoms with Gasteiger partial charge in [0.25, 0.3) is 5.56 Å². The van der Waals surface area contributed by atoms with Crippen molar-refractivity contribution in [1.82, 2.24) is 39.7 Å². The Bertz CT molecular complexity index is 1800. The van der Waals surface area contributed by atoms with Crippen molar-refractivity contribution in [1.29, 1.82) is 0 Å². The number of H-pyrrole nitrogens is 2. The Morgan fingerprint density at radius 3 is 2.67 bits per heavy atom. The molecule has 0 bridgehead atoms. The van der Waals surface area contributed by atoms with Crippen LogP contribution < -0.4 is 16.2 Å². The highest BCUT2D eigenvalue weighted by Crippen LogP contribution is 2.31. The van der Waals surface area contributed by atoms with E-state index < -0.39 is 0 Å². The maximum Gasteiger partial charge on any atom is 0.280 e. The van der Waals surface area contributed by atoms with Gasteiger partial charge in [-0.15, -0.1) is 10.2 Å². The summed E-state index contributed by atoms with van der Waals surface area (Å²) in [5.41, 5.74) is 4.25. The first-order chi connectivity index (χ1) is 17.6. The van der Waals surface area contributed by atoms with Crippen molar-refractivity contribution in [2.75, 3.05) is 10.6 Å². The summed E-state index contributed by atoms with van der Waals surface area (Å²) < 4.78 is 7.68. The number of rotatable bonds is 7. The molecule has 0 saturated carbocycles. The largest absolute Gasteiger partial charge is 0.416 e. The van der Waals surface area contributed by atoms with Gasteiger partial charge in [0.05, 0.1) is 35.1 Å². The predicted molar refractivity (Wildman–Crippen MR) is 132 cm³/mol. The number of fused-ring (bicyclic) bond motifs is 2. The van der Waals surface area contributed by atoms with E-state index in [1.165, 1.54) is 0 Å². The third kappa shape index (κ3) is 3.64. The fourth-order valence-corrected chi connectivity index (χ4v) is 3.87. The van der Waals surface area contributed by atoms with Crippen molar-refractivity contribution in [2.24, 2.45) is 0 Å². The van der Waals surface area contributed by atoms with E-state index in [0.29, 0.717) is 41.4 Å². The summed E-state index contributed by atoms with van der Waals surface area (Å²) in [5.74, 6) is 0.805. The number of amides is 1. The zero-order valence-corrected chi connectivity index (χ0v) is 18.8. The molecule has 4 N–H and O–H groups in total. The molecule has 1 amide bonds. The molecule has 13 heteroatoms. The van der Waals surface area contributed by atoms with Crippen LogP contribution in [0.2, 0.25) is 0 Å². The minimum atomic E-state index is -0.383. The maximum absolute atomic E-state index is 12.5. The Morgan fingerprint density at radius 2 is 1.86 bits per heavy atom. The SMILES string of the molecule is CCn1cnc2c(=O)[nH]c(Nc3cc(-c4nnc(-c5ccc6nc[nH]c6c5)o4)ccc3NC=O)nc21. The number of hydrogen-bond donors (Lipinski definition) is 4. The lowest BCUT2D eigenvalue weighted by Gasteiger charge is -2.12. The van der Waals surface area contributed by atoms with Crippen LogP contribution in [0.15, 0.2) is 58.3 Å². The average molecular weight is 482 g/mol. The van der Waals surface area contributed by atoms with Gasteiger partial charge in [0, 0.05) is 17.7 Å². The molecule has 6 aromatic rings. The van der Waals surface area contributed by atoms with Crippen LogP contribution in [-0.4, -0.2) is 46.1 Å². The lowest BCUT2D eigenvalue weighted by molar-refractivity contribution is -0.105. The van der Waals surface area contributed by atoms with Gasteiger partial charge in [-0.05, 0) is 43.3 Å². The molecule has 4 heterocycles. The minimum absolute atomic E-state index is 0.188. The van der Waals surface area contributed by atoms with Crippen molar-refractivity contribution in [3.8, 4) is 22.9 Å². The average Bonchev–Trinajstić information content (AvgIpc) is 3.64. The van der Waals surface area contributed by atoms with Crippen molar-refractivity contribution >= 4 is 45.9 Å². The van der Waals surface area contributed by atoms with Crippen LogP contribution in [0.4, 0.5) is 17.3 Å². The Labute approximate surface area is 201 Å². The van der Waals surface area contributed by atoms with Crippen LogP contribution in [0.3, 0.4) is 0 Å². The Hall–Kier alpha value is -5.33. The molecule has 0 fully saturated rings. The molecule has 4 aromatic heterocycles. The quantitative estimate of drug-likeness (QED) is 0.249. The van der Waals surface area contributed by atoms with Gasteiger partial charge in [0.1, 0.15) is 0 Å². The topological polar surface area (TPSA) is 172 Å². The van der Waals surface area contributed by atoms with Gasteiger partial charge in [0.2, 0.25) is 24.1 Å². The van der Waals surface area contributed by atoms with Crippen molar-refractivity contribution in [2.45, 2.75) is 13.5 Å². The number of aryl methyl sites for hydroxylation is 1. The van der Waals surface area contributed by atoms with E-state index in [4.69, 9.17) is 4.42 Å². The van der Waals surface area contributed by atoms with E-state index in [2.05, 4.69) is 45.8 Å². The molecule has 178 valence electrons. The lowest BCUT2D eigenvalue weighted by atomic mass is 10.1. The van der Waals surface area contributed by atoms with Crippen LogP contribution in [0.1, 0.15) is 6.92 Å². The van der Waals surface area contributed by atoms with E-state index in [1.807, 2.05) is 25.1 Å². The number of aromatic nitrogens is 8. The van der Waals surface area contributed by atoms with Crippen molar-refractivity contribution in [3.05, 3.63) is 59.4 Å². The molecule has 2 aromatic carbocycles. The molecule has 0 aliphatic rings. The fraction of sp³-hybridized carbons (Fsp3) is 0.0870. The lowest BCUT2D eigenvalue weighted by Crippen LogP contribution is -2.13. The van der Waals surface area contributed by atoms with Gasteiger partial charge in [-0.25, -0.2) is 9.97 Å². The zero-order chi connectivity index (χ0) is 24.6. The Morgan fingerprint density at radius 1 is 1.06 bits per heavy atom.